The Bertz CT molecular complexity index is 545. The molecule has 5 heteroatoms. The second kappa shape index (κ2) is 10.2. The lowest BCUT2D eigenvalue weighted by molar-refractivity contribution is -0.117. The van der Waals surface area contributed by atoms with E-state index in [1.165, 1.54) is 32.1 Å². The van der Waals surface area contributed by atoms with Gasteiger partial charge in [-0.15, -0.1) is 0 Å². The minimum atomic E-state index is 0.0170. The molecule has 1 fully saturated rings. The third-order valence-corrected chi connectivity index (χ3v) is 4.78. The van der Waals surface area contributed by atoms with Crippen LogP contribution in [0.2, 0.25) is 0 Å². The van der Waals surface area contributed by atoms with Gasteiger partial charge in [-0.05, 0) is 64.0 Å². The van der Waals surface area contributed by atoms with Crippen molar-refractivity contribution in [3.63, 3.8) is 0 Å². The van der Waals surface area contributed by atoms with Crippen LogP contribution in [0.3, 0.4) is 0 Å². The molecule has 1 heterocycles. The van der Waals surface area contributed by atoms with E-state index in [1.54, 1.807) is 17.0 Å². The molecular weight excluding hydrogens is 314 g/mol. The first-order valence-corrected chi connectivity index (χ1v) is 9.55. The maximum absolute atomic E-state index is 12.3. The predicted octanol–water partition coefficient (Wildman–Crippen LogP) is 3.37. The molecule has 138 valence electrons. The predicted molar refractivity (Wildman–Crippen MR) is 102 cm³/mol. The van der Waals surface area contributed by atoms with E-state index in [9.17, 15) is 9.59 Å². The molecule has 0 bridgehead atoms. The molecule has 25 heavy (non-hydrogen) atoms. The van der Waals surface area contributed by atoms with Gasteiger partial charge in [0, 0.05) is 24.3 Å². The highest BCUT2D eigenvalue weighted by Crippen LogP contribution is 2.13. The van der Waals surface area contributed by atoms with Crippen LogP contribution < -0.4 is 5.32 Å². The largest absolute Gasteiger partial charge is 0.339 e. The zero-order valence-corrected chi connectivity index (χ0v) is 15.6. The molecule has 0 aromatic heterocycles. The summed E-state index contributed by atoms with van der Waals surface area (Å²) in [7, 11) is 0. The molecule has 0 aliphatic carbocycles. The van der Waals surface area contributed by atoms with Gasteiger partial charge in [0.15, 0.2) is 0 Å². The molecule has 2 amide bonds. The highest BCUT2D eigenvalue weighted by molar-refractivity contribution is 5.96. The monoisotopic (exact) mass is 345 g/mol. The number of carbonyl (C=O) groups is 2. The highest BCUT2D eigenvalue weighted by Gasteiger charge is 2.14. The SMILES string of the molecule is CCN(CC)C(=O)c1ccc(NC(=O)CN2CCCCCCC2)cc1. The average molecular weight is 345 g/mol. The summed E-state index contributed by atoms with van der Waals surface area (Å²) < 4.78 is 0. The van der Waals surface area contributed by atoms with Crippen molar-refractivity contribution in [2.75, 3.05) is 38.0 Å². The van der Waals surface area contributed by atoms with Crippen LogP contribution in [0.5, 0.6) is 0 Å². The first kappa shape index (κ1) is 19.4. The maximum Gasteiger partial charge on any atom is 0.253 e. The molecule has 0 unspecified atom stereocenters. The number of hydrogen-bond donors (Lipinski definition) is 1. The topological polar surface area (TPSA) is 52.7 Å². The molecule has 0 atom stereocenters. The third-order valence-electron chi connectivity index (χ3n) is 4.78. The summed E-state index contributed by atoms with van der Waals surface area (Å²) in [6.07, 6.45) is 6.20. The lowest BCUT2D eigenvalue weighted by Gasteiger charge is -2.23. The quantitative estimate of drug-likeness (QED) is 0.860. The van der Waals surface area contributed by atoms with E-state index >= 15 is 0 Å². The fraction of sp³-hybridized carbons (Fsp3) is 0.600. The summed E-state index contributed by atoms with van der Waals surface area (Å²) in [5.74, 6) is 0.0481. The number of nitrogens with zero attached hydrogens (tertiary/aromatic N) is 2. The second-order valence-electron chi connectivity index (χ2n) is 6.65. The number of hydrogen-bond acceptors (Lipinski definition) is 3. The molecule has 0 spiro atoms. The standard InChI is InChI=1S/C20H31N3O2/c1-3-23(4-2)20(25)17-10-12-18(13-11-17)21-19(24)16-22-14-8-6-5-7-9-15-22/h10-13H,3-9,14-16H2,1-2H3,(H,21,24). The van der Waals surface area contributed by atoms with Crippen LogP contribution in [-0.4, -0.2) is 54.3 Å². The van der Waals surface area contributed by atoms with Gasteiger partial charge in [-0.3, -0.25) is 14.5 Å². The average Bonchev–Trinajstić information content (AvgIpc) is 2.59. The lowest BCUT2D eigenvalue weighted by atomic mass is 10.1. The molecule has 1 aromatic rings. The van der Waals surface area contributed by atoms with Crippen LogP contribution in [0.1, 0.15) is 56.3 Å². The van der Waals surface area contributed by atoms with Crippen LogP contribution >= 0.6 is 0 Å². The van der Waals surface area contributed by atoms with E-state index in [2.05, 4.69) is 10.2 Å². The Labute approximate surface area is 151 Å². The summed E-state index contributed by atoms with van der Waals surface area (Å²) in [6.45, 7) is 7.80. The van der Waals surface area contributed by atoms with E-state index in [4.69, 9.17) is 0 Å². The third kappa shape index (κ3) is 6.16. The lowest BCUT2D eigenvalue weighted by Crippen LogP contribution is -2.35. The summed E-state index contributed by atoms with van der Waals surface area (Å²) >= 11 is 0. The summed E-state index contributed by atoms with van der Waals surface area (Å²) in [4.78, 5) is 28.6. The van der Waals surface area contributed by atoms with Crippen molar-refractivity contribution in [1.29, 1.82) is 0 Å². The van der Waals surface area contributed by atoms with Gasteiger partial charge in [-0.1, -0.05) is 19.3 Å². The number of amides is 2. The smallest absolute Gasteiger partial charge is 0.253 e. The van der Waals surface area contributed by atoms with Crippen LogP contribution in [-0.2, 0) is 4.79 Å². The molecule has 1 N–H and O–H groups in total. The minimum absolute atomic E-state index is 0.0170. The fourth-order valence-corrected chi connectivity index (χ4v) is 3.26. The number of likely N-dealkylation sites (tertiary alicyclic amines) is 1. The van der Waals surface area contributed by atoms with Crippen molar-refractivity contribution in [1.82, 2.24) is 9.80 Å². The van der Waals surface area contributed by atoms with Crippen molar-refractivity contribution < 1.29 is 9.59 Å². The number of rotatable bonds is 6. The minimum Gasteiger partial charge on any atom is -0.339 e. The van der Waals surface area contributed by atoms with Gasteiger partial charge in [0.25, 0.3) is 5.91 Å². The zero-order chi connectivity index (χ0) is 18.1. The normalized spacial score (nSPS) is 15.9. The molecule has 1 aliphatic heterocycles. The van der Waals surface area contributed by atoms with E-state index in [-0.39, 0.29) is 11.8 Å². The van der Waals surface area contributed by atoms with Crippen LogP contribution in [0.4, 0.5) is 5.69 Å². The van der Waals surface area contributed by atoms with Crippen LogP contribution in [0.15, 0.2) is 24.3 Å². The second-order valence-corrected chi connectivity index (χ2v) is 6.65. The van der Waals surface area contributed by atoms with Gasteiger partial charge in [0.2, 0.25) is 5.91 Å². The summed E-state index contributed by atoms with van der Waals surface area (Å²) in [5, 5.41) is 2.94. The molecule has 0 radical (unpaired) electrons. The van der Waals surface area contributed by atoms with E-state index in [0.29, 0.717) is 25.2 Å². The van der Waals surface area contributed by atoms with E-state index < -0.39 is 0 Å². The van der Waals surface area contributed by atoms with Gasteiger partial charge in [0.05, 0.1) is 6.54 Å². The highest BCUT2D eigenvalue weighted by atomic mass is 16.2. The van der Waals surface area contributed by atoms with Gasteiger partial charge < -0.3 is 10.2 Å². The van der Waals surface area contributed by atoms with Gasteiger partial charge >= 0.3 is 0 Å². The Hall–Kier alpha value is -1.88. The van der Waals surface area contributed by atoms with Gasteiger partial charge in [-0.2, -0.15) is 0 Å². The Morgan fingerprint density at radius 3 is 2.08 bits per heavy atom. The van der Waals surface area contributed by atoms with Crippen molar-refractivity contribution in [3.8, 4) is 0 Å². The molecule has 5 nitrogen and oxygen atoms in total. The van der Waals surface area contributed by atoms with E-state index in [0.717, 1.165) is 18.8 Å². The molecule has 1 aliphatic rings. The fourth-order valence-electron chi connectivity index (χ4n) is 3.26. The number of anilines is 1. The van der Waals surface area contributed by atoms with E-state index in [1.807, 2.05) is 26.0 Å². The Morgan fingerprint density at radius 2 is 1.52 bits per heavy atom. The molecular formula is C20H31N3O2. The molecule has 1 saturated heterocycles. The first-order valence-electron chi connectivity index (χ1n) is 9.55. The molecule has 1 aromatic carbocycles. The Morgan fingerprint density at radius 1 is 0.960 bits per heavy atom. The zero-order valence-electron chi connectivity index (χ0n) is 15.6. The number of carbonyl (C=O) groups excluding carboxylic acids is 2. The Kier molecular flexibility index (Phi) is 7.92. The van der Waals surface area contributed by atoms with Crippen LogP contribution in [0, 0.1) is 0 Å². The van der Waals surface area contributed by atoms with Crippen LogP contribution in [0.25, 0.3) is 0 Å². The van der Waals surface area contributed by atoms with Gasteiger partial charge in [-0.25, -0.2) is 0 Å². The van der Waals surface area contributed by atoms with Gasteiger partial charge in [0.1, 0.15) is 0 Å². The molecule has 0 saturated carbocycles. The van der Waals surface area contributed by atoms with Crippen molar-refractivity contribution >= 4 is 17.5 Å². The van der Waals surface area contributed by atoms with Crippen molar-refractivity contribution in [3.05, 3.63) is 29.8 Å². The first-order chi connectivity index (χ1) is 12.1. The number of benzene rings is 1. The van der Waals surface area contributed by atoms with Crippen molar-refractivity contribution in [2.45, 2.75) is 46.0 Å². The Balaban J connectivity index is 1.87. The maximum atomic E-state index is 12.3. The summed E-state index contributed by atoms with van der Waals surface area (Å²) in [5.41, 5.74) is 1.40. The summed E-state index contributed by atoms with van der Waals surface area (Å²) in [6, 6.07) is 7.18. The van der Waals surface area contributed by atoms with Crippen molar-refractivity contribution in [2.24, 2.45) is 0 Å². The molecule has 2 rings (SSSR count). The number of nitrogens with one attached hydrogen (secondary N) is 1.